The van der Waals surface area contributed by atoms with Gasteiger partial charge in [0.1, 0.15) is 0 Å². The third-order valence-corrected chi connectivity index (χ3v) is 5.08. The van der Waals surface area contributed by atoms with Crippen LogP contribution in [0.5, 0.6) is 0 Å². The molecule has 0 fully saturated rings. The fourth-order valence-electron chi connectivity index (χ4n) is 3.59. The summed E-state index contributed by atoms with van der Waals surface area (Å²) in [7, 11) is 0. The van der Waals surface area contributed by atoms with Crippen LogP contribution in [0.15, 0.2) is 122 Å². The summed E-state index contributed by atoms with van der Waals surface area (Å²) < 4.78 is 0. The third-order valence-electron chi connectivity index (χ3n) is 5.08. The van der Waals surface area contributed by atoms with Gasteiger partial charge in [0.15, 0.2) is 0 Å². The van der Waals surface area contributed by atoms with Gasteiger partial charge in [-0.3, -0.25) is 0 Å². The van der Waals surface area contributed by atoms with Crippen LogP contribution < -0.4 is 14.8 Å². The van der Waals surface area contributed by atoms with Crippen LogP contribution in [0, 0.1) is 6.67 Å². The zero-order valence-corrected chi connectivity index (χ0v) is 18.9. The summed E-state index contributed by atoms with van der Waals surface area (Å²) in [6, 6.07) is 37.1. The van der Waals surface area contributed by atoms with Crippen LogP contribution >= 0.6 is 0 Å². The van der Waals surface area contributed by atoms with Crippen LogP contribution in [0.3, 0.4) is 0 Å². The normalized spacial score (nSPS) is 12.5. The summed E-state index contributed by atoms with van der Waals surface area (Å²) in [4.78, 5) is 8.72. The van der Waals surface area contributed by atoms with E-state index in [0.29, 0.717) is 0 Å². The molecule has 3 nitrogen and oxygen atoms in total. The molecule has 0 amide bonds. The van der Waals surface area contributed by atoms with Crippen molar-refractivity contribution in [3.63, 3.8) is 0 Å². The molecule has 1 radical (unpaired) electrons. The van der Waals surface area contributed by atoms with Crippen LogP contribution in [-0.2, 0) is 22.4 Å². The maximum Gasteiger partial charge on any atom is 0.0124 e. The Hall–Kier alpha value is -3.24. The van der Waals surface area contributed by atoms with Crippen LogP contribution in [0.25, 0.3) is 21.8 Å². The van der Waals surface area contributed by atoms with Gasteiger partial charge in [0.25, 0.3) is 0 Å². The van der Waals surface area contributed by atoms with Gasteiger partial charge >= 0.3 is 0 Å². The maximum atomic E-state index is 4.52. The Morgan fingerprint density at radius 3 is 1.32 bits per heavy atom. The molecule has 4 heteroatoms. The number of nitrogens with zero attached hydrogens (tertiary/aromatic N) is 3. The van der Waals surface area contributed by atoms with Crippen molar-refractivity contribution < 1.29 is 22.4 Å². The van der Waals surface area contributed by atoms with Crippen LogP contribution in [0.4, 0.5) is 11.4 Å². The molecule has 4 aromatic carbocycles. The van der Waals surface area contributed by atoms with Gasteiger partial charge in [0.05, 0.1) is 0 Å². The molecule has 6 rings (SSSR count). The van der Waals surface area contributed by atoms with E-state index in [1.165, 1.54) is 22.1 Å². The Balaban J connectivity index is 0.000000149. The Kier molecular flexibility index (Phi) is 6.58. The van der Waals surface area contributed by atoms with Crippen molar-refractivity contribution in [2.24, 2.45) is 0 Å². The number of benzene rings is 4. The first-order valence-electron chi connectivity index (χ1n) is 9.99. The summed E-state index contributed by atoms with van der Waals surface area (Å²) in [6.45, 7) is 2.07. The number of para-hydroxylation sites is 4. The number of rotatable bonds is 2. The average molecular weight is 584 g/mol. The number of fused-ring (bicyclic) bond motifs is 3. The number of aromatic nitrogens is 1. The van der Waals surface area contributed by atoms with Crippen LogP contribution in [0.2, 0.25) is 0 Å². The Morgan fingerprint density at radius 2 is 0.871 bits per heavy atom. The van der Waals surface area contributed by atoms with E-state index in [4.69, 9.17) is 0 Å². The van der Waals surface area contributed by atoms with Gasteiger partial charge < -0.3 is 14.8 Å². The molecule has 0 saturated heterocycles. The molecule has 5 aromatic rings. The predicted octanol–water partition coefficient (Wildman–Crippen LogP) is 6.55. The summed E-state index contributed by atoms with van der Waals surface area (Å²) >= 11 is 0. The monoisotopic (exact) mass is 584 g/mol. The van der Waals surface area contributed by atoms with E-state index in [2.05, 4.69) is 94.5 Å². The van der Waals surface area contributed by atoms with Crippen molar-refractivity contribution >= 4 is 33.2 Å². The van der Waals surface area contributed by atoms with Crippen molar-refractivity contribution in [3.8, 4) is 0 Å². The second-order valence-electron chi connectivity index (χ2n) is 7.05. The average Bonchev–Trinajstić information content (AvgIpc) is 3.46. The molecule has 0 saturated carbocycles. The first kappa shape index (κ1) is 21.0. The van der Waals surface area contributed by atoms with Crippen LogP contribution in [0.1, 0.15) is 0 Å². The fourth-order valence-corrected chi connectivity index (χ4v) is 3.59. The molecule has 1 aliphatic rings. The van der Waals surface area contributed by atoms with E-state index in [9.17, 15) is 0 Å². The van der Waals surface area contributed by atoms with Gasteiger partial charge in [0, 0.05) is 33.8 Å². The van der Waals surface area contributed by atoms with Gasteiger partial charge in [-0.05, 0) is 47.4 Å². The van der Waals surface area contributed by atoms with E-state index in [1.807, 2.05) is 48.5 Å². The zero-order chi connectivity index (χ0) is 20.2. The molecule has 0 N–H and O–H groups in total. The van der Waals surface area contributed by atoms with Gasteiger partial charge in [-0.2, -0.15) is 0 Å². The summed E-state index contributed by atoms with van der Waals surface area (Å²) in [6.07, 6.45) is 4.12. The molecule has 0 bridgehead atoms. The number of hydrogen-bond acceptors (Lipinski definition) is 2. The number of hydrogen-bond donors (Lipinski definition) is 0. The molecule has 0 atom stereocenters. The van der Waals surface area contributed by atoms with Crippen molar-refractivity contribution in [1.29, 1.82) is 0 Å². The smallest absolute Gasteiger partial charge is 0.0124 e. The standard InChI is InChI=1S/C15H13N2.C12H8N.Au/c1-3-7-14(8-4-1)16-11-12-17(13-16)15-9-5-2-6-10-15;1-3-7-11-9(5-1)10-6-2-4-8-12(10)13-11;/h1-13H;1-8H;/q2*-1;. The Bertz CT molecular complexity index is 1180. The van der Waals surface area contributed by atoms with Crippen molar-refractivity contribution in [3.05, 3.63) is 128 Å². The molecule has 1 aliphatic heterocycles. The fraction of sp³-hybridized carbons (Fsp3) is 0. The predicted molar refractivity (Wildman–Crippen MR) is 126 cm³/mol. The largest absolute Gasteiger partial charge is 0.657 e. The molecule has 0 unspecified atom stereocenters. The van der Waals surface area contributed by atoms with Gasteiger partial charge in [-0.1, -0.05) is 84.9 Å². The molecular weight excluding hydrogens is 563 g/mol. The molecule has 0 spiro atoms. The SMILES string of the molecule is C1=CN(c2ccccc2)[CH-]N1c1ccccc1.[Au].c1ccc2c(c1)[n-]c1ccccc12. The van der Waals surface area contributed by atoms with Crippen molar-refractivity contribution in [1.82, 2.24) is 4.98 Å². The Labute approximate surface area is 198 Å². The first-order chi connectivity index (χ1) is 14.9. The quantitative estimate of drug-likeness (QED) is 0.174. The zero-order valence-electron chi connectivity index (χ0n) is 16.8. The summed E-state index contributed by atoms with van der Waals surface area (Å²) in [5, 5.41) is 2.50. The van der Waals surface area contributed by atoms with Gasteiger partial charge in [0.2, 0.25) is 0 Å². The van der Waals surface area contributed by atoms with E-state index in [1.54, 1.807) is 0 Å². The summed E-state index contributed by atoms with van der Waals surface area (Å²) in [5.41, 5.74) is 4.51. The van der Waals surface area contributed by atoms with E-state index >= 15 is 0 Å². The first-order valence-corrected chi connectivity index (χ1v) is 9.99. The minimum absolute atomic E-state index is 0. The van der Waals surface area contributed by atoms with Gasteiger partial charge in [-0.25, -0.2) is 0 Å². The molecule has 31 heavy (non-hydrogen) atoms. The number of anilines is 2. The second-order valence-corrected chi connectivity index (χ2v) is 7.05. The molecular formula is C27H21AuN3-2. The van der Waals surface area contributed by atoms with E-state index in [-0.39, 0.29) is 22.4 Å². The Morgan fingerprint density at radius 1 is 0.484 bits per heavy atom. The third kappa shape index (κ3) is 4.59. The van der Waals surface area contributed by atoms with Crippen molar-refractivity contribution in [2.45, 2.75) is 0 Å². The molecule has 157 valence electrons. The minimum Gasteiger partial charge on any atom is -0.657 e. The van der Waals surface area contributed by atoms with E-state index < -0.39 is 0 Å². The molecule has 0 aliphatic carbocycles. The van der Waals surface area contributed by atoms with Gasteiger partial charge in [-0.15, -0.1) is 17.7 Å². The molecule has 2 heterocycles. The van der Waals surface area contributed by atoms with Crippen molar-refractivity contribution in [2.75, 3.05) is 9.80 Å². The molecule has 1 aromatic heterocycles. The van der Waals surface area contributed by atoms with Crippen LogP contribution in [-0.4, -0.2) is 0 Å². The summed E-state index contributed by atoms with van der Waals surface area (Å²) in [5.74, 6) is 0. The maximum absolute atomic E-state index is 4.52. The van der Waals surface area contributed by atoms with E-state index in [0.717, 1.165) is 11.0 Å². The second kappa shape index (κ2) is 9.71. The minimum atomic E-state index is 0. The topological polar surface area (TPSA) is 20.6 Å².